The van der Waals surface area contributed by atoms with Crippen molar-refractivity contribution in [3.8, 4) is 0 Å². The Kier molecular flexibility index (Phi) is 4.91. The Morgan fingerprint density at radius 3 is 2.59 bits per heavy atom. The SMILES string of the molecule is COCC(O)CC(C(=O)O)C1CCS(=O)(=O)C1. The Balaban J connectivity index is 2.64. The van der Waals surface area contributed by atoms with Gasteiger partial charge in [-0.05, 0) is 18.8 Å². The zero-order valence-electron chi connectivity index (χ0n) is 9.70. The summed E-state index contributed by atoms with van der Waals surface area (Å²) in [6, 6.07) is 0. The van der Waals surface area contributed by atoms with Crippen molar-refractivity contribution < 1.29 is 28.2 Å². The fourth-order valence-electron chi connectivity index (χ4n) is 2.19. The van der Waals surface area contributed by atoms with Gasteiger partial charge in [0.1, 0.15) is 0 Å². The van der Waals surface area contributed by atoms with Crippen LogP contribution in [0.2, 0.25) is 0 Å². The van der Waals surface area contributed by atoms with Crippen LogP contribution < -0.4 is 0 Å². The molecule has 0 aliphatic carbocycles. The molecule has 0 aromatic rings. The summed E-state index contributed by atoms with van der Waals surface area (Å²) in [5.74, 6) is -2.32. The van der Waals surface area contributed by atoms with Gasteiger partial charge in [-0.15, -0.1) is 0 Å². The van der Waals surface area contributed by atoms with Crippen molar-refractivity contribution in [2.24, 2.45) is 11.8 Å². The van der Waals surface area contributed by atoms with Crippen molar-refractivity contribution >= 4 is 15.8 Å². The van der Waals surface area contributed by atoms with Gasteiger partial charge in [-0.1, -0.05) is 0 Å². The summed E-state index contributed by atoms with van der Waals surface area (Å²) in [4.78, 5) is 11.1. The highest BCUT2D eigenvalue weighted by molar-refractivity contribution is 7.91. The number of carbonyl (C=O) groups is 1. The van der Waals surface area contributed by atoms with Crippen molar-refractivity contribution in [2.45, 2.75) is 18.9 Å². The number of aliphatic carboxylic acids is 1. The molecule has 0 bridgehead atoms. The summed E-state index contributed by atoms with van der Waals surface area (Å²) in [5, 5.41) is 18.6. The lowest BCUT2D eigenvalue weighted by Gasteiger charge is -2.20. The largest absolute Gasteiger partial charge is 0.481 e. The van der Waals surface area contributed by atoms with E-state index in [-0.39, 0.29) is 24.5 Å². The maximum Gasteiger partial charge on any atom is 0.306 e. The Hall–Kier alpha value is -0.660. The van der Waals surface area contributed by atoms with Crippen molar-refractivity contribution in [1.82, 2.24) is 0 Å². The van der Waals surface area contributed by atoms with Gasteiger partial charge in [0.25, 0.3) is 0 Å². The van der Waals surface area contributed by atoms with E-state index in [4.69, 9.17) is 9.84 Å². The predicted octanol–water partition coefficient (Wildman–Crippen LogP) is -0.481. The second kappa shape index (κ2) is 5.79. The topological polar surface area (TPSA) is 101 Å². The second-order valence-corrected chi connectivity index (χ2v) is 6.68. The van der Waals surface area contributed by atoms with Gasteiger partial charge in [0, 0.05) is 7.11 Å². The van der Waals surface area contributed by atoms with Crippen molar-refractivity contribution in [1.29, 1.82) is 0 Å². The van der Waals surface area contributed by atoms with Crippen LogP contribution >= 0.6 is 0 Å². The first-order chi connectivity index (χ1) is 7.85. The zero-order chi connectivity index (χ0) is 13.1. The van der Waals surface area contributed by atoms with E-state index < -0.39 is 33.7 Å². The minimum absolute atomic E-state index is 0.0311. The number of carboxylic acid groups (broad SMARTS) is 1. The van der Waals surface area contributed by atoms with E-state index >= 15 is 0 Å². The molecule has 1 aliphatic rings. The molecule has 2 N–H and O–H groups in total. The molecule has 1 aliphatic heterocycles. The van der Waals surface area contributed by atoms with Crippen LogP contribution in [0.25, 0.3) is 0 Å². The molecule has 17 heavy (non-hydrogen) atoms. The molecule has 1 fully saturated rings. The van der Waals surface area contributed by atoms with E-state index in [9.17, 15) is 18.3 Å². The predicted molar refractivity (Wildman–Crippen MR) is 60.4 cm³/mol. The Morgan fingerprint density at radius 1 is 1.53 bits per heavy atom. The quantitative estimate of drug-likeness (QED) is 0.673. The Bertz CT molecular complexity index is 363. The Labute approximate surface area is 101 Å². The molecule has 0 aromatic heterocycles. The van der Waals surface area contributed by atoms with Crippen LogP contribution in [0.4, 0.5) is 0 Å². The molecule has 6 nitrogen and oxygen atoms in total. The third kappa shape index (κ3) is 4.25. The van der Waals surface area contributed by atoms with Gasteiger partial charge in [0.15, 0.2) is 9.84 Å². The number of carboxylic acids is 1. The number of rotatable bonds is 6. The summed E-state index contributed by atoms with van der Waals surface area (Å²) in [7, 11) is -1.68. The third-order valence-corrected chi connectivity index (χ3v) is 4.83. The highest BCUT2D eigenvalue weighted by atomic mass is 32.2. The van der Waals surface area contributed by atoms with E-state index in [1.165, 1.54) is 7.11 Å². The summed E-state index contributed by atoms with van der Waals surface area (Å²) in [6.45, 7) is 0.0588. The molecule has 0 spiro atoms. The van der Waals surface area contributed by atoms with Crippen LogP contribution in [0.1, 0.15) is 12.8 Å². The van der Waals surface area contributed by atoms with Crippen LogP contribution in [-0.4, -0.2) is 55.9 Å². The lowest BCUT2D eigenvalue weighted by atomic mass is 9.87. The third-order valence-electron chi connectivity index (χ3n) is 3.04. The van der Waals surface area contributed by atoms with Gasteiger partial charge < -0.3 is 14.9 Å². The highest BCUT2D eigenvalue weighted by Gasteiger charge is 2.38. The second-order valence-electron chi connectivity index (χ2n) is 4.45. The smallest absolute Gasteiger partial charge is 0.306 e. The van der Waals surface area contributed by atoms with E-state index in [2.05, 4.69) is 0 Å². The molecule has 3 unspecified atom stereocenters. The average Bonchev–Trinajstić information content (AvgIpc) is 2.55. The van der Waals surface area contributed by atoms with Crippen LogP contribution in [0.5, 0.6) is 0 Å². The minimum Gasteiger partial charge on any atom is -0.481 e. The number of aliphatic hydroxyl groups excluding tert-OH is 1. The molecule has 0 radical (unpaired) electrons. The van der Waals surface area contributed by atoms with Crippen LogP contribution in [0, 0.1) is 11.8 Å². The van der Waals surface area contributed by atoms with E-state index in [0.717, 1.165) is 0 Å². The van der Waals surface area contributed by atoms with E-state index in [0.29, 0.717) is 6.42 Å². The number of ether oxygens (including phenoxy) is 1. The molecule has 0 amide bonds. The first-order valence-corrected chi connectivity index (χ1v) is 7.28. The van der Waals surface area contributed by atoms with Gasteiger partial charge in [-0.25, -0.2) is 8.42 Å². The van der Waals surface area contributed by atoms with Crippen LogP contribution in [0.3, 0.4) is 0 Å². The summed E-state index contributed by atoms with van der Waals surface area (Å²) in [5.41, 5.74) is 0. The molecule has 3 atom stereocenters. The average molecular weight is 266 g/mol. The summed E-state index contributed by atoms with van der Waals surface area (Å²) in [6.07, 6.45) is -0.480. The standard InChI is InChI=1S/C10H18O6S/c1-16-5-8(11)4-9(10(12)13)7-2-3-17(14,15)6-7/h7-9,11H,2-6H2,1H3,(H,12,13). The van der Waals surface area contributed by atoms with Gasteiger partial charge in [-0.2, -0.15) is 0 Å². The molecular formula is C10H18O6S. The Morgan fingerprint density at radius 2 is 2.18 bits per heavy atom. The number of aliphatic hydroxyl groups is 1. The van der Waals surface area contributed by atoms with Crippen molar-refractivity contribution in [2.75, 3.05) is 25.2 Å². The normalized spacial score (nSPS) is 26.6. The van der Waals surface area contributed by atoms with Crippen LogP contribution in [0.15, 0.2) is 0 Å². The lowest BCUT2D eigenvalue weighted by molar-refractivity contribution is -0.145. The summed E-state index contributed by atoms with van der Waals surface area (Å²) < 4.78 is 27.3. The summed E-state index contributed by atoms with van der Waals surface area (Å²) >= 11 is 0. The fraction of sp³-hybridized carbons (Fsp3) is 0.900. The van der Waals surface area contributed by atoms with Gasteiger partial charge >= 0.3 is 5.97 Å². The maximum absolute atomic E-state index is 11.3. The number of sulfone groups is 1. The molecular weight excluding hydrogens is 248 g/mol. The van der Waals surface area contributed by atoms with Gasteiger partial charge in [0.2, 0.25) is 0 Å². The molecule has 1 heterocycles. The molecule has 1 rings (SSSR count). The van der Waals surface area contributed by atoms with Crippen LogP contribution in [-0.2, 0) is 19.4 Å². The maximum atomic E-state index is 11.3. The van der Waals surface area contributed by atoms with E-state index in [1.807, 2.05) is 0 Å². The molecule has 0 saturated carbocycles. The molecule has 7 heteroatoms. The lowest BCUT2D eigenvalue weighted by Crippen LogP contribution is -2.30. The number of methoxy groups -OCH3 is 1. The minimum atomic E-state index is -3.10. The van der Waals surface area contributed by atoms with Crippen molar-refractivity contribution in [3.63, 3.8) is 0 Å². The van der Waals surface area contributed by atoms with E-state index in [1.54, 1.807) is 0 Å². The van der Waals surface area contributed by atoms with Crippen molar-refractivity contribution in [3.05, 3.63) is 0 Å². The first kappa shape index (κ1) is 14.4. The first-order valence-electron chi connectivity index (χ1n) is 5.46. The van der Waals surface area contributed by atoms with Gasteiger partial charge in [-0.3, -0.25) is 4.79 Å². The number of hydrogen-bond donors (Lipinski definition) is 2. The molecule has 0 aromatic carbocycles. The highest BCUT2D eigenvalue weighted by Crippen LogP contribution is 2.29. The zero-order valence-corrected chi connectivity index (χ0v) is 10.5. The molecule has 1 saturated heterocycles. The monoisotopic (exact) mass is 266 g/mol. The van der Waals surface area contributed by atoms with Gasteiger partial charge in [0.05, 0.1) is 30.1 Å². The number of hydrogen-bond acceptors (Lipinski definition) is 5. The fourth-order valence-corrected chi connectivity index (χ4v) is 4.07. The molecule has 100 valence electrons.